The Balaban J connectivity index is 1.38. The Kier molecular flexibility index (Phi) is 5.72. The van der Waals surface area contributed by atoms with Gasteiger partial charge in [-0.25, -0.2) is 15.0 Å². The van der Waals surface area contributed by atoms with Gasteiger partial charge in [-0.1, -0.05) is 29.4 Å². The standard InChI is InChI=1S/C26H29N7O2/c1-25(2,34)15-31-21-11-6-17(12-28-21)22-32-23(33-35-22)26(3,20-9-10-20)19-7-4-16(5-8-19)18-13-29-24(27)30-14-18/h4-8,11-14,20,34H,9-10,15H2,1-3H3,(H,28,31)(H2,27,29,30). The maximum Gasteiger partial charge on any atom is 0.259 e. The van der Waals surface area contributed by atoms with E-state index in [4.69, 9.17) is 15.2 Å². The van der Waals surface area contributed by atoms with Crippen LogP contribution < -0.4 is 11.1 Å². The van der Waals surface area contributed by atoms with Crippen molar-refractivity contribution >= 4 is 11.8 Å². The third-order valence-corrected chi connectivity index (χ3v) is 6.49. The van der Waals surface area contributed by atoms with Crippen molar-refractivity contribution in [2.45, 2.75) is 44.6 Å². The largest absolute Gasteiger partial charge is 0.389 e. The molecule has 9 nitrogen and oxygen atoms in total. The molecule has 0 radical (unpaired) electrons. The van der Waals surface area contributed by atoms with E-state index in [1.54, 1.807) is 32.4 Å². The molecular formula is C26H29N7O2. The van der Waals surface area contributed by atoms with E-state index >= 15 is 0 Å². The Morgan fingerprint density at radius 2 is 1.60 bits per heavy atom. The first-order valence-electron chi connectivity index (χ1n) is 11.7. The molecule has 1 aliphatic carbocycles. The smallest absolute Gasteiger partial charge is 0.259 e. The van der Waals surface area contributed by atoms with Gasteiger partial charge in [0.25, 0.3) is 5.89 Å². The van der Waals surface area contributed by atoms with E-state index in [1.807, 2.05) is 12.1 Å². The van der Waals surface area contributed by atoms with E-state index in [1.165, 1.54) is 0 Å². The molecule has 3 heterocycles. The van der Waals surface area contributed by atoms with Gasteiger partial charge in [-0.2, -0.15) is 4.98 Å². The van der Waals surface area contributed by atoms with Crippen LogP contribution in [-0.2, 0) is 5.41 Å². The molecule has 1 atom stereocenters. The van der Waals surface area contributed by atoms with Crippen LogP contribution in [0.2, 0.25) is 0 Å². The number of aromatic nitrogens is 5. The first-order valence-corrected chi connectivity index (χ1v) is 11.7. The number of hydrogen-bond acceptors (Lipinski definition) is 9. The molecule has 1 fully saturated rings. The highest BCUT2D eigenvalue weighted by Crippen LogP contribution is 2.50. The summed E-state index contributed by atoms with van der Waals surface area (Å²) in [6.07, 6.45) is 7.39. The van der Waals surface area contributed by atoms with E-state index < -0.39 is 5.60 Å². The molecule has 4 aromatic rings. The number of nitrogens with one attached hydrogen (secondary N) is 1. The van der Waals surface area contributed by atoms with Gasteiger partial charge in [0.15, 0.2) is 5.82 Å². The van der Waals surface area contributed by atoms with Crippen LogP contribution in [0.5, 0.6) is 0 Å². The third-order valence-electron chi connectivity index (χ3n) is 6.49. The molecule has 1 saturated carbocycles. The lowest BCUT2D eigenvalue weighted by Gasteiger charge is -2.27. The van der Waals surface area contributed by atoms with E-state index in [9.17, 15) is 5.11 Å². The lowest BCUT2D eigenvalue weighted by Crippen LogP contribution is -2.29. The molecule has 5 rings (SSSR count). The SMILES string of the molecule is CC(C)(O)CNc1ccc(-c2nc(C(C)(c3ccc(-c4cnc(N)nc4)cc3)C3CC3)no2)cn1. The Morgan fingerprint density at radius 1 is 0.943 bits per heavy atom. The predicted octanol–water partition coefficient (Wildman–Crippen LogP) is 4.07. The van der Waals surface area contributed by atoms with Gasteiger partial charge in [0, 0.05) is 30.7 Å². The first kappa shape index (κ1) is 22.9. The molecule has 9 heteroatoms. The second kappa shape index (κ2) is 8.74. The zero-order valence-corrected chi connectivity index (χ0v) is 20.1. The van der Waals surface area contributed by atoms with Crippen LogP contribution in [0.1, 0.15) is 45.0 Å². The van der Waals surface area contributed by atoms with Crippen molar-refractivity contribution < 1.29 is 9.63 Å². The van der Waals surface area contributed by atoms with Gasteiger partial charge in [-0.05, 0) is 62.8 Å². The van der Waals surface area contributed by atoms with Gasteiger partial charge in [-0.15, -0.1) is 0 Å². The summed E-state index contributed by atoms with van der Waals surface area (Å²) in [5.41, 5.74) is 8.24. The van der Waals surface area contributed by atoms with Crippen molar-refractivity contribution in [2.24, 2.45) is 5.92 Å². The number of nitrogens with zero attached hydrogens (tertiary/aromatic N) is 5. The normalized spacial score (nSPS) is 15.5. The average Bonchev–Trinajstić information content (AvgIpc) is 3.60. The molecule has 0 saturated heterocycles. The van der Waals surface area contributed by atoms with Crippen molar-refractivity contribution in [2.75, 3.05) is 17.6 Å². The third kappa shape index (κ3) is 4.85. The van der Waals surface area contributed by atoms with Gasteiger partial charge in [0.05, 0.1) is 16.6 Å². The second-order valence-corrected chi connectivity index (χ2v) is 9.91. The highest BCUT2D eigenvalue weighted by atomic mass is 16.5. The summed E-state index contributed by atoms with van der Waals surface area (Å²) in [6.45, 7) is 6.06. The molecule has 1 aliphatic rings. The fourth-order valence-electron chi connectivity index (χ4n) is 4.19. The zero-order chi connectivity index (χ0) is 24.6. The summed E-state index contributed by atoms with van der Waals surface area (Å²) in [6, 6.07) is 12.1. The number of pyridine rings is 1. The molecule has 35 heavy (non-hydrogen) atoms. The molecule has 1 unspecified atom stereocenters. The number of rotatable bonds is 8. The molecular weight excluding hydrogens is 442 g/mol. The van der Waals surface area contributed by atoms with Gasteiger partial charge in [0.1, 0.15) is 5.82 Å². The van der Waals surface area contributed by atoms with Crippen molar-refractivity contribution in [1.82, 2.24) is 25.1 Å². The molecule has 1 aromatic carbocycles. The lowest BCUT2D eigenvalue weighted by atomic mass is 9.76. The Morgan fingerprint density at radius 3 is 2.20 bits per heavy atom. The monoisotopic (exact) mass is 471 g/mol. The minimum atomic E-state index is -0.823. The zero-order valence-electron chi connectivity index (χ0n) is 20.1. The van der Waals surface area contributed by atoms with Gasteiger partial charge in [-0.3, -0.25) is 0 Å². The Hall–Kier alpha value is -3.85. The summed E-state index contributed by atoms with van der Waals surface area (Å²) in [7, 11) is 0. The van der Waals surface area contributed by atoms with Crippen molar-refractivity contribution in [1.29, 1.82) is 0 Å². The van der Waals surface area contributed by atoms with Crippen LogP contribution in [0.4, 0.5) is 11.8 Å². The summed E-state index contributed by atoms with van der Waals surface area (Å²) in [5, 5.41) is 17.4. The first-order chi connectivity index (χ1) is 16.7. The van der Waals surface area contributed by atoms with Crippen molar-refractivity contribution in [3.63, 3.8) is 0 Å². The van der Waals surface area contributed by atoms with Gasteiger partial charge < -0.3 is 20.7 Å². The molecule has 0 bridgehead atoms. The molecule has 0 aliphatic heterocycles. The van der Waals surface area contributed by atoms with Crippen molar-refractivity contribution in [3.8, 4) is 22.6 Å². The van der Waals surface area contributed by atoms with E-state index in [2.05, 4.69) is 56.6 Å². The van der Waals surface area contributed by atoms with E-state index in [0.717, 1.165) is 35.1 Å². The highest BCUT2D eigenvalue weighted by Gasteiger charge is 2.47. The van der Waals surface area contributed by atoms with Gasteiger partial charge >= 0.3 is 0 Å². The van der Waals surface area contributed by atoms with Crippen LogP contribution in [0.3, 0.4) is 0 Å². The molecule has 3 aromatic heterocycles. The molecule has 4 N–H and O–H groups in total. The van der Waals surface area contributed by atoms with Crippen LogP contribution >= 0.6 is 0 Å². The fraction of sp³-hybridized carbons (Fsp3) is 0.346. The van der Waals surface area contributed by atoms with Gasteiger partial charge in [0.2, 0.25) is 5.95 Å². The van der Waals surface area contributed by atoms with Crippen LogP contribution in [0.25, 0.3) is 22.6 Å². The van der Waals surface area contributed by atoms with Crippen LogP contribution in [0, 0.1) is 5.92 Å². The highest BCUT2D eigenvalue weighted by molar-refractivity contribution is 5.63. The lowest BCUT2D eigenvalue weighted by molar-refractivity contribution is 0.0944. The number of anilines is 2. The van der Waals surface area contributed by atoms with E-state index in [0.29, 0.717) is 30.0 Å². The van der Waals surface area contributed by atoms with Crippen LogP contribution in [-0.4, -0.2) is 42.3 Å². The van der Waals surface area contributed by atoms with Crippen LogP contribution in [0.15, 0.2) is 59.5 Å². The summed E-state index contributed by atoms with van der Waals surface area (Å²) in [4.78, 5) is 17.4. The molecule has 0 spiro atoms. The fourth-order valence-corrected chi connectivity index (χ4v) is 4.19. The number of hydrogen-bond donors (Lipinski definition) is 3. The number of nitrogens with two attached hydrogens (primary N) is 1. The Labute approximate surface area is 203 Å². The molecule has 0 amide bonds. The maximum absolute atomic E-state index is 9.88. The maximum atomic E-state index is 9.88. The number of aliphatic hydroxyl groups is 1. The second-order valence-electron chi connectivity index (χ2n) is 9.91. The quantitative estimate of drug-likeness (QED) is 0.347. The minimum Gasteiger partial charge on any atom is -0.389 e. The number of benzene rings is 1. The Bertz CT molecular complexity index is 1290. The summed E-state index contributed by atoms with van der Waals surface area (Å²) in [5.74, 6) is 2.48. The molecule has 180 valence electrons. The number of nitrogen functional groups attached to an aromatic ring is 1. The summed E-state index contributed by atoms with van der Waals surface area (Å²) < 4.78 is 5.66. The van der Waals surface area contributed by atoms with E-state index in [-0.39, 0.29) is 11.4 Å². The minimum absolute atomic E-state index is 0.259. The summed E-state index contributed by atoms with van der Waals surface area (Å²) >= 11 is 0. The van der Waals surface area contributed by atoms with Crippen molar-refractivity contribution in [3.05, 3.63) is 66.4 Å². The topological polar surface area (TPSA) is 136 Å². The predicted molar refractivity (Wildman–Crippen MR) is 133 cm³/mol. The average molecular weight is 472 g/mol.